The van der Waals surface area contributed by atoms with Gasteiger partial charge in [0.2, 0.25) is 5.91 Å². The van der Waals surface area contributed by atoms with Crippen molar-refractivity contribution in [3.63, 3.8) is 0 Å². The number of amides is 2. The van der Waals surface area contributed by atoms with Crippen molar-refractivity contribution in [3.8, 4) is 11.5 Å². The zero-order valence-corrected chi connectivity index (χ0v) is 16.3. The van der Waals surface area contributed by atoms with E-state index in [1.165, 1.54) is 23.1 Å². The van der Waals surface area contributed by atoms with Gasteiger partial charge in [0.1, 0.15) is 18.0 Å². The molecule has 0 radical (unpaired) electrons. The van der Waals surface area contributed by atoms with Gasteiger partial charge in [0.15, 0.2) is 6.61 Å². The molecule has 9 heteroatoms. The van der Waals surface area contributed by atoms with Gasteiger partial charge >= 0.3 is 0 Å². The number of hydrogen-bond donors (Lipinski definition) is 1. The molecule has 1 heterocycles. The first-order chi connectivity index (χ1) is 13.7. The lowest BCUT2D eigenvalue weighted by atomic mass is 10.2. The van der Waals surface area contributed by atoms with Crippen molar-refractivity contribution in [2.24, 2.45) is 0 Å². The smallest absolute Gasteiger partial charge is 0.271 e. The summed E-state index contributed by atoms with van der Waals surface area (Å²) in [6, 6.07) is 9.22. The second-order valence-corrected chi connectivity index (χ2v) is 6.87. The van der Waals surface area contributed by atoms with Gasteiger partial charge in [0.25, 0.3) is 11.6 Å². The van der Waals surface area contributed by atoms with Crippen molar-refractivity contribution >= 4 is 28.9 Å². The maximum absolute atomic E-state index is 12.6. The summed E-state index contributed by atoms with van der Waals surface area (Å²) in [4.78, 5) is 36.5. The second-order valence-electron chi connectivity index (χ2n) is 6.87. The molecule has 3 rings (SSSR count). The molecular weight excluding hydrogens is 378 g/mol. The van der Waals surface area contributed by atoms with Crippen molar-refractivity contribution in [2.75, 3.05) is 23.4 Å². The molecule has 2 aromatic carbocycles. The van der Waals surface area contributed by atoms with Gasteiger partial charge in [0, 0.05) is 17.8 Å². The van der Waals surface area contributed by atoms with E-state index in [1.54, 1.807) is 12.1 Å². The summed E-state index contributed by atoms with van der Waals surface area (Å²) >= 11 is 0. The molecule has 0 aromatic heterocycles. The average Bonchev–Trinajstić information content (AvgIpc) is 2.65. The van der Waals surface area contributed by atoms with Crippen LogP contribution in [-0.4, -0.2) is 36.0 Å². The zero-order chi connectivity index (χ0) is 21.1. The van der Waals surface area contributed by atoms with Crippen molar-refractivity contribution in [2.45, 2.75) is 26.9 Å². The Labute approximate surface area is 167 Å². The number of non-ortho nitro benzene ring substituents is 1. The molecule has 0 bridgehead atoms. The minimum atomic E-state index is -0.568. The van der Waals surface area contributed by atoms with Gasteiger partial charge in [-0.1, -0.05) is 0 Å². The van der Waals surface area contributed by atoms with E-state index in [0.29, 0.717) is 17.2 Å². The van der Waals surface area contributed by atoms with E-state index < -0.39 is 16.7 Å². The fourth-order valence-corrected chi connectivity index (χ4v) is 2.93. The van der Waals surface area contributed by atoms with Gasteiger partial charge in [-0.25, -0.2) is 0 Å². The van der Waals surface area contributed by atoms with E-state index in [-0.39, 0.29) is 30.6 Å². The molecule has 1 aliphatic heterocycles. The van der Waals surface area contributed by atoms with Crippen LogP contribution in [0, 0.1) is 17.0 Å². The topological polar surface area (TPSA) is 111 Å². The SMILES string of the molecule is Cc1cc(OC(C)C)ccc1NC(=O)CN1C(=O)COc2ccc([N+](=O)[O-])cc21. The molecule has 0 spiro atoms. The summed E-state index contributed by atoms with van der Waals surface area (Å²) in [7, 11) is 0. The number of carbonyl (C=O) groups excluding carboxylic acids is 2. The molecule has 2 aromatic rings. The van der Waals surface area contributed by atoms with Crippen LogP contribution in [0.15, 0.2) is 36.4 Å². The number of anilines is 2. The zero-order valence-electron chi connectivity index (χ0n) is 16.3. The number of aryl methyl sites for hydroxylation is 1. The Morgan fingerprint density at radius 3 is 2.72 bits per heavy atom. The van der Waals surface area contributed by atoms with Crippen molar-refractivity contribution in [1.82, 2.24) is 0 Å². The van der Waals surface area contributed by atoms with Crippen LogP contribution in [-0.2, 0) is 9.59 Å². The Morgan fingerprint density at radius 1 is 1.31 bits per heavy atom. The van der Waals surface area contributed by atoms with Gasteiger partial charge < -0.3 is 14.8 Å². The number of hydrogen-bond acceptors (Lipinski definition) is 6. The first kappa shape index (κ1) is 20.1. The molecule has 0 saturated heterocycles. The van der Waals surface area contributed by atoms with Gasteiger partial charge in [-0.3, -0.25) is 24.6 Å². The minimum Gasteiger partial charge on any atom is -0.491 e. The minimum absolute atomic E-state index is 0.0336. The number of nitro groups is 1. The fourth-order valence-electron chi connectivity index (χ4n) is 2.93. The highest BCUT2D eigenvalue weighted by Gasteiger charge is 2.29. The second kappa shape index (κ2) is 8.17. The normalized spacial score (nSPS) is 13.0. The Bertz CT molecular complexity index is 973. The van der Waals surface area contributed by atoms with Crippen LogP contribution in [0.4, 0.5) is 17.1 Å². The number of nitro benzene ring substituents is 1. The Morgan fingerprint density at radius 2 is 2.07 bits per heavy atom. The van der Waals surface area contributed by atoms with Gasteiger partial charge in [-0.15, -0.1) is 0 Å². The predicted molar refractivity (Wildman–Crippen MR) is 107 cm³/mol. The van der Waals surface area contributed by atoms with Crippen molar-refractivity contribution in [1.29, 1.82) is 0 Å². The van der Waals surface area contributed by atoms with Crippen LogP contribution >= 0.6 is 0 Å². The van der Waals surface area contributed by atoms with E-state index >= 15 is 0 Å². The number of fused-ring (bicyclic) bond motifs is 1. The Balaban J connectivity index is 1.77. The lowest BCUT2D eigenvalue weighted by Gasteiger charge is -2.28. The third kappa shape index (κ3) is 4.63. The average molecular weight is 399 g/mol. The molecular formula is C20H21N3O6. The standard InChI is InChI=1S/C20H21N3O6/c1-12(2)29-15-5-6-16(13(3)8-15)21-19(24)10-22-17-9-14(23(26)27)4-7-18(17)28-11-20(22)25/h4-9,12H,10-11H2,1-3H3,(H,21,24). The van der Waals surface area contributed by atoms with Crippen LogP contribution in [0.2, 0.25) is 0 Å². The first-order valence-corrected chi connectivity index (χ1v) is 9.03. The van der Waals surface area contributed by atoms with E-state index in [0.717, 1.165) is 5.56 Å². The van der Waals surface area contributed by atoms with Gasteiger partial charge in [-0.05, 0) is 50.6 Å². The first-order valence-electron chi connectivity index (χ1n) is 9.03. The van der Waals surface area contributed by atoms with Crippen molar-refractivity contribution in [3.05, 3.63) is 52.1 Å². The lowest BCUT2D eigenvalue weighted by molar-refractivity contribution is -0.384. The number of rotatable bonds is 6. The molecule has 1 aliphatic rings. The molecule has 152 valence electrons. The Kier molecular flexibility index (Phi) is 5.67. The third-order valence-corrected chi connectivity index (χ3v) is 4.24. The highest BCUT2D eigenvalue weighted by Crippen LogP contribution is 2.35. The molecule has 0 unspecified atom stereocenters. The van der Waals surface area contributed by atoms with E-state index in [4.69, 9.17) is 9.47 Å². The number of carbonyl (C=O) groups is 2. The summed E-state index contributed by atoms with van der Waals surface area (Å²) in [6.45, 7) is 5.15. The fraction of sp³-hybridized carbons (Fsp3) is 0.300. The van der Waals surface area contributed by atoms with Crippen LogP contribution in [0.1, 0.15) is 19.4 Å². The highest BCUT2D eigenvalue weighted by atomic mass is 16.6. The predicted octanol–water partition coefficient (Wildman–Crippen LogP) is 3.05. The highest BCUT2D eigenvalue weighted by molar-refractivity contribution is 6.05. The molecule has 2 amide bonds. The Hall–Kier alpha value is -3.62. The molecule has 0 aliphatic carbocycles. The third-order valence-electron chi connectivity index (χ3n) is 4.24. The number of nitrogens with one attached hydrogen (secondary N) is 1. The van der Waals surface area contributed by atoms with Gasteiger partial charge in [-0.2, -0.15) is 0 Å². The summed E-state index contributed by atoms with van der Waals surface area (Å²) < 4.78 is 10.9. The summed E-state index contributed by atoms with van der Waals surface area (Å²) in [5, 5.41) is 13.8. The summed E-state index contributed by atoms with van der Waals surface area (Å²) in [5.74, 6) is 0.123. The summed E-state index contributed by atoms with van der Waals surface area (Å²) in [5.41, 5.74) is 1.40. The van der Waals surface area contributed by atoms with E-state index in [1.807, 2.05) is 26.8 Å². The quantitative estimate of drug-likeness (QED) is 0.590. The molecule has 1 N–H and O–H groups in total. The maximum Gasteiger partial charge on any atom is 0.271 e. The molecule has 0 atom stereocenters. The molecule has 9 nitrogen and oxygen atoms in total. The molecule has 0 saturated carbocycles. The van der Waals surface area contributed by atoms with Gasteiger partial charge in [0.05, 0.1) is 16.7 Å². The van der Waals surface area contributed by atoms with Crippen LogP contribution in [0.5, 0.6) is 11.5 Å². The van der Waals surface area contributed by atoms with E-state index in [2.05, 4.69) is 5.32 Å². The lowest BCUT2D eigenvalue weighted by Crippen LogP contribution is -2.43. The number of benzene rings is 2. The van der Waals surface area contributed by atoms with Crippen LogP contribution < -0.4 is 19.7 Å². The van der Waals surface area contributed by atoms with Crippen LogP contribution in [0.3, 0.4) is 0 Å². The monoisotopic (exact) mass is 399 g/mol. The number of nitrogens with zero attached hydrogens (tertiary/aromatic N) is 2. The van der Waals surface area contributed by atoms with Crippen molar-refractivity contribution < 1.29 is 24.0 Å². The maximum atomic E-state index is 12.6. The molecule has 0 fully saturated rings. The van der Waals surface area contributed by atoms with Crippen LogP contribution in [0.25, 0.3) is 0 Å². The summed E-state index contributed by atoms with van der Waals surface area (Å²) in [6.07, 6.45) is 0.0336. The number of ether oxygens (including phenoxy) is 2. The molecule has 29 heavy (non-hydrogen) atoms. The van der Waals surface area contributed by atoms with E-state index in [9.17, 15) is 19.7 Å². The largest absolute Gasteiger partial charge is 0.491 e.